The standard InChI is InChI=1S/C14H19N3O/c15-10-13-16-8-9-17(13)11-12-4-7-14(18-12)5-2-1-3-6-14/h8-9,12H,1-7,11H2. The van der Waals surface area contributed by atoms with Crippen molar-refractivity contribution in [1.29, 1.82) is 5.26 Å². The van der Waals surface area contributed by atoms with Crippen molar-refractivity contribution in [2.24, 2.45) is 0 Å². The first-order valence-electron chi connectivity index (χ1n) is 6.90. The van der Waals surface area contributed by atoms with Gasteiger partial charge in [0.15, 0.2) is 0 Å². The van der Waals surface area contributed by atoms with Crippen molar-refractivity contribution in [3.8, 4) is 6.07 Å². The van der Waals surface area contributed by atoms with Gasteiger partial charge in [-0.25, -0.2) is 4.98 Å². The maximum atomic E-state index is 8.95. The van der Waals surface area contributed by atoms with E-state index in [0.717, 1.165) is 13.0 Å². The molecule has 0 radical (unpaired) electrons. The van der Waals surface area contributed by atoms with Gasteiger partial charge in [0.25, 0.3) is 0 Å². The summed E-state index contributed by atoms with van der Waals surface area (Å²) in [5, 5.41) is 8.95. The Morgan fingerprint density at radius 2 is 2.22 bits per heavy atom. The van der Waals surface area contributed by atoms with Crippen molar-refractivity contribution < 1.29 is 4.74 Å². The smallest absolute Gasteiger partial charge is 0.212 e. The molecule has 18 heavy (non-hydrogen) atoms. The number of hydrogen-bond donors (Lipinski definition) is 0. The molecule has 0 aromatic carbocycles. The lowest BCUT2D eigenvalue weighted by Crippen LogP contribution is -2.32. The summed E-state index contributed by atoms with van der Waals surface area (Å²) in [6.07, 6.45) is 12.5. The quantitative estimate of drug-likeness (QED) is 0.804. The van der Waals surface area contributed by atoms with E-state index in [9.17, 15) is 0 Å². The third-order valence-electron chi connectivity index (χ3n) is 4.32. The third-order valence-corrected chi connectivity index (χ3v) is 4.32. The molecule has 4 nitrogen and oxygen atoms in total. The van der Waals surface area contributed by atoms with E-state index in [1.807, 2.05) is 10.8 Å². The Kier molecular flexibility index (Phi) is 3.09. The highest BCUT2D eigenvalue weighted by Gasteiger charge is 2.40. The Hall–Kier alpha value is -1.34. The van der Waals surface area contributed by atoms with E-state index in [2.05, 4.69) is 11.1 Å². The molecule has 0 N–H and O–H groups in total. The second-order valence-corrected chi connectivity index (χ2v) is 5.54. The highest BCUT2D eigenvalue weighted by atomic mass is 16.5. The summed E-state index contributed by atoms with van der Waals surface area (Å²) in [5.41, 5.74) is 0.163. The molecule has 1 spiro atoms. The molecule has 2 heterocycles. The van der Waals surface area contributed by atoms with Crippen LogP contribution >= 0.6 is 0 Å². The zero-order chi connectivity index (χ0) is 12.4. The number of rotatable bonds is 2. The van der Waals surface area contributed by atoms with Crippen molar-refractivity contribution in [2.75, 3.05) is 0 Å². The molecule has 1 saturated heterocycles. The van der Waals surface area contributed by atoms with Gasteiger partial charge < -0.3 is 9.30 Å². The monoisotopic (exact) mass is 245 g/mol. The second-order valence-electron chi connectivity index (χ2n) is 5.54. The summed E-state index contributed by atoms with van der Waals surface area (Å²) in [5.74, 6) is 0.489. The normalized spacial score (nSPS) is 26.3. The van der Waals surface area contributed by atoms with E-state index < -0.39 is 0 Å². The van der Waals surface area contributed by atoms with Crippen LogP contribution in [0, 0.1) is 11.3 Å². The molecule has 0 bridgehead atoms. The molecule has 1 aliphatic heterocycles. The average molecular weight is 245 g/mol. The van der Waals surface area contributed by atoms with Gasteiger partial charge >= 0.3 is 0 Å². The van der Waals surface area contributed by atoms with Gasteiger partial charge in [-0.1, -0.05) is 19.3 Å². The van der Waals surface area contributed by atoms with E-state index >= 15 is 0 Å². The lowest BCUT2D eigenvalue weighted by molar-refractivity contribution is -0.0680. The maximum Gasteiger partial charge on any atom is 0.212 e. The Morgan fingerprint density at radius 1 is 1.39 bits per heavy atom. The first-order chi connectivity index (χ1) is 8.81. The van der Waals surface area contributed by atoms with Crippen LogP contribution in [-0.2, 0) is 11.3 Å². The molecule has 1 atom stereocenters. The summed E-state index contributed by atoms with van der Waals surface area (Å²) < 4.78 is 8.21. The molecule has 1 aliphatic carbocycles. The van der Waals surface area contributed by atoms with Crippen molar-refractivity contribution in [3.05, 3.63) is 18.2 Å². The fourth-order valence-corrected chi connectivity index (χ4v) is 3.38. The van der Waals surface area contributed by atoms with E-state index in [4.69, 9.17) is 10.00 Å². The molecule has 1 aromatic rings. The van der Waals surface area contributed by atoms with Gasteiger partial charge in [-0.05, 0) is 25.7 Å². The summed E-state index contributed by atoms with van der Waals surface area (Å²) >= 11 is 0. The highest BCUT2D eigenvalue weighted by Crippen LogP contribution is 2.42. The van der Waals surface area contributed by atoms with Crippen LogP contribution in [0.15, 0.2) is 12.4 Å². The van der Waals surface area contributed by atoms with Crippen LogP contribution in [0.5, 0.6) is 0 Å². The van der Waals surface area contributed by atoms with Crippen LogP contribution in [0.25, 0.3) is 0 Å². The molecule has 3 rings (SSSR count). The van der Waals surface area contributed by atoms with E-state index in [1.165, 1.54) is 38.5 Å². The molecule has 96 valence electrons. The number of aromatic nitrogens is 2. The van der Waals surface area contributed by atoms with Crippen molar-refractivity contribution in [1.82, 2.24) is 9.55 Å². The largest absolute Gasteiger partial charge is 0.370 e. The average Bonchev–Trinajstić information content (AvgIpc) is 2.99. The topological polar surface area (TPSA) is 50.8 Å². The Bertz CT molecular complexity index is 454. The van der Waals surface area contributed by atoms with Gasteiger partial charge in [0.2, 0.25) is 5.82 Å². The molecule has 1 aromatic heterocycles. The molecule has 2 aliphatic rings. The minimum absolute atomic E-state index is 0.163. The van der Waals surface area contributed by atoms with E-state index in [0.29, 0.717) is 5.82 Å². The number of nitriles is 1. The predicted molar refractivity (Wildman–Crippen MR) is 66.9 cm³/mol. The summed E-state index contributed by atoms with van der Waals surface area (Å²) in [6.45, 7) is 0.768. The zero-order valence-corrected chi connectivity index (χ0v) is 10.6. The number of ether oxygens (including phenoxy) is 1. The summed E-state index contributed by atoms with van der Waals surface area (Å²) in [7, 11) is 0. The number of imidazole rings is 1. The summed E-state index contributed by atoms with van der Waals surface area (Å²) in [4.78, 5) is 4.03. The van der Waals surface area contributed by atoms with Crippen LogP contribution in [0.2, 0.25) is 0 Å². The zero-order valence-electron chi connectivity index (χ0n) is 10.6. The Morgan fingerprint density at radius 3 is 3.00 bits per heavy atom. The molecular weight excluding hydrogens is 226 g/mol. The second kappa shape index (κ2) is 4.74. The van der Waals surface area contributed by atoms with Crippen LogP contribution in [-0.4, -0.2) is 21.3 Å². The van der Waals surface area contributed by atoms with Gasteiger partial charge in [-0.2, -0.15) is 5.26 Å². The molecular formula is C14H19N3O. The highest BCUT2D eigenvalue weighted by molar-refractivity contribution is 5.11. The minimum Gasteiger partial charge on any atom is -0.370 e. The van der Waals surface area contributed by atoms with Crippen molar-refractivity contribution in [3.63, 3.8) is 0 Å². The van der Waals surface area contributed by atoms with Crippen LogP contribution in [0.1, 0.15) is 50.8 Å². The third kappa shape index (κ3) is 2.15. The minimum atomic E-state index is 0.163. The molecule has 0 amide bonds. The maximum absolute atomic E-state index is 8.95. The number of hydrogen-bond acceptors (Lipinski definition) is 3. The predicted octanol–water partition coefficient (Wildman–Crippen LogP) is 2.64. The van der Waals surface area contributed by atoms with Crippen molar-refractivity contribution >= 4 is 0 Å². The van der Waals surface area contributed by atoms with Crippen molar-refractivity contribution in [2.45, 2.75) is 63.2 Å². The lowest BCUT2D eigenvalue weighted by Gasteiger charge is -2.33. The fraction of sp³-hybridized carbons (Fsp3) is 0.714. The fourth-order valence-electron chi connectivity index (χ4n) is 3.38. The number of nitrogens with zero attached hydrogens (tertiary/aromatic N) is 3. The van der Waals surface area contributed by atoms with E-state index in [1.54, 1.807) is 6.20 Å². The van der Waals surface area contributed by atoms with Gasteiger partial charge in [0.05, 0.1) is 18.2 Å². The van der Waals surface area contributed by atoms with Gasteiger partial charge in [-0.3, -0.25) is 0 Å². The Balaban J connectivity index is 1.64. The van der Waals surface area contributed by atoms with Crippen LogP contribution in [0.4, 0.5) is 0 Å². The van der Waals surface area contributed by atoms with Gasteiger partial charge in [0, 0.05) is 12.4 Å². The van der Waals surface area contributed by atoms with Crippen LogP contribution in [0.3, 0.4) is 0 Å². The molecule has 1 unspecified atom stereocenters. The lowest BCUT2D eigenvalue weighted by atomic mass is 9.83. The first kappa shape index (κ1) is 11.7. The summed E-state index contributed by atoms with van der Waals surface area (Å²) in [6, 6.07) is 2.12. The Labute approximate surface area is 108 Å². The van der Waals surface area contributed by atoms with Gasteiger partial charge in [-0.15, -0.1) is 0 Å². The van der Waals surface area contributed by atoms with Crippen LogP contribution < -0.4 is 0 Å². The SMILES string of the molecule is N#Cc1nccn1CC1CCC2(CCCCC2)O1. The first-order valence-corrected chi connectivity index (χ1v) is 6.90. The molecule has 2 fully saturated rings. The molecule has 4 heteroatoms. The van der Waals surface area contributed by atoms with Gasteiger partial charge in [0.1, 0.15) is 6.07 Å². The van der Waals surface area contributed by atoms with E-state index in [-0.39, 0.29) is 11.7 Å². The molecule has 1 saturated carbocycles.